The minimum absolute atomic E-state index is 1.17. The van der Waals surface area contributed by atoms with E-state index in [0.717, 1.165) is 0 Å². The van der Waals surface area contributed by atoms with E-state index in [4.69, 9.17) is 9.95 Å². The predicted octanol–water partition coefficient (Wildman–Crippen LogP) is 3.24. The van der Waals surface area contributed by atoms with E-state index in [0.29, 0.717) is 0 Å². The van der Waals surface area contributed by atoms with Crippen LogP contribution in [0.25, 0.3) is 10.8 Å². The van der Waals surface area contributed by atoms with Gasteiger partial charge in [-0.05, 0) is 0 Å². The van der Waals surface area contributed by atoms with Crippen LogP contribution in [-0.4, -0.2) is 13.7 Å². The maximum absolute atomic E-state index is 6.86. The summed E-state index contributed by atoms with van der Waals surface area (Å²) >= 11 is -1.71. The molecule has 3 aromatic carbocycles. The van der Waals surface area contributed by atoms with E-state index >= 15 is 0 Å². The van der Waals surface area contributed by atoms with Crippen LogP contribution in [0.1, 0.15) is 0 Å². The van der Waals surface area contributed by atoms with Crippen molar-refractivity contribution in [1.29, 1.82) is 0 Å². The SMILES string of the molecule is Cl[As]1c2ccccc2Nc2ccc3ccccc3c21. The van der Waals surface area contributed by atoms with Gasteiger partial charge in [0.1, 0.15) is 0 Å². The van der Waals surface area contributed by atoms with Crippen LogP contribution in [0.3, 0.4) is 0 Å². The molecule has 0 amide bonds. The fraction of sp³-hybridized carbons (Fsp3) is 0. The Hall–Kier alpha value is -1.43. The van der Waals surface area contributed by atoms with Gasteiger partial charge >= 0.3 is 120 Å². The molecule has 1 heterocycles. The monoisotopic (exact) mass is 327 g/mol. The first-order valence-corrected chi connectivity index (χ1v) is 10.5. The molecule has 1 aliphatic rings. The molecular formula is C16H11AsClN. The van der Waals surface area contributed by atoms with Gasteiger partial charge in [-0.15, -0.1) is 0 Å². The average Bonchev–Trinajstić information content (AvgIpc) is 2.47. The van der Waals surface area contributed by atoms with Crippen molar-refractivity contribution in [2.75, 3.05) is 5.32 Å². The summed E-state index contributed by atoms with van der Waals surface area (Å²) in [6.45, 7) is 0. The Balaban J connectivity index is 2.04. The van der Waals surface area contributed by atoms with Crippen molar-refractivity contribution in [2.45, 2.75) is 0 Å². The van der Waals surface area contributed by atoms with Crippen molar-refractivity contribution < 1.29 is 0 Å². The van der Waals surface area contributed by atoms with Crippen LogP contribution in [0.15, 0.2) is 60.7 Å². The molecule has 1 unspecified atom stereocenters. The Kier molecular flexibility index (Phi) is 2.58. The average molecular weight is 328 g/mol. The standard InChI is InChI=1S/C16H11AsClN/c18-17-13-7-3-4-8-14(13)19-15-10-9-11-5-1-2-6-12(11)16(15)17/h1-10,19H. The Morgan fingerprint density at radius 2 is 1.58 bits per heavy atom. The Bertz CT molecular complexity index is 785. The molecule has 4 rings (SSSR count). The van der Waals surface area contributed by atoms with Crippen LogP contribution in [0.4, 0.5) is 11.4 Å². The molecule has 1 nitrogen and oxygen atoms in total. The van der Waals surface area contributed by atoms with Crippen molar-refractivity contribution in [2.24, 2.45) is 0 Å². The molecule has 3 aromatic rings. The van der Waals surface area contributed by atoms with E-state index in [1.54, 1.807) is 0 Å². The van der Waals surface area contributed by atoms with Gasteiger partial charge in [0.2, 0.25) is 0 Å². The topological polar surface area (TPSA) is 12.0 Å². The molecule has 0 bridgehead atoms. The van der Waals surface area contributed by atoms with Crippen LogP contribution in [-0.2, 0) is 0 Å². The molecule has 0 saturated heterocycles. The van der Waals surface area contributed by atoms with E-state index < -0.39 is 13.7 Å². The molecular weight excluding hydrogens is 317 g/mol. The van der Waals surface area contributed by atoms with Gasteiger partial charge in [0, 0.05) is 0 Å². The quantitative estimate of drug-likeness (QED) is 0.625. The van der Waals surface area contributed by atoms with Crippen molar-refractivity contribution in [3.8, 4) is 0 Å². The van der Waals surface area contributed by atoms with Crippen LogP contribution in [0, 0.1) is 0 Å². The van der Waals surface area contributed by atoms with Crippen molar-refractivity contribution >= 4 is 54.5 Å². The van der Waals surface area contributed by atoms with Crippen LogP contribution in [0.5, 0.6) is 0 Å². The van der Waals surface area contributed by atoms with E-state index in [9.17, 15) is 0 Å². The number of rotatable bonds is 0. The Morgan fingerprint density at radius 1 is 0.789 bits per heavy atom. The molecule has 0 fully saturated rings. The van der Waals surface area contributed by atoms with Gasteiger partial charge in [0.25, 0.3) is 0 Å². The third-order valence-electron chi connectivity index (χ3n) is 3.48. The van der Waals surface area contributed by atoms with Gasteiger partial charge < -0.3 is 0 Å². The zero-order valence-electron chi connectivity index (χ0n) is 10.1. The van der Waals surface area contributed by atoms with E-state index in [1.807, 2.05) is 0 Å². The first-order chi connectivity index (χ1) is 9.34. The summed E-state index contributed by atoms with van der Waals surface area (Å²) in [5.74, 6) is 0. The summed E-state index contributed by atoms with van der Waals surface area (Å²) in [6.07, 6.45) is 0. The normalized spacial score (nSPS) is 16.6. The number of anilines is 2. The number of halogens is 1. The number of benzene rings is 3. The third kappa shape index (κ3) is 1.69. The molecule has 0 aromatic heterocycles. The van der Waals surface area contributed by atoms with E-state index in [2.05, 4.69) is 66.0 Å². The second kappa shape index (κ2) is 4.30. The van der Waals surface area contributed by atoms with Crippen LogP contribution < -0.4 is 14.0 Å². The zero-order chi connectivity index (χ0) is 12.8. The van der Waals surface area contributed by atoms with Gasteiger partial charge in [0.15, 0.2) is 0 Å². The molecule has 92 valence electrons. The van der Waals surface area contributed by atoms with Gasteiger partial charge in [-0.25, -0.2) is 0 Å². The zero-order valence-corrected chi connectivity index (χ0v) is 12.7. The van der Waals surface area contributed by atoms with Gasteiger partial charge in [-0.1, -0.05) is 0 Å². The van der Waals surface area contributed by atoms with E-state index in [1.165, 1.54) is 30.8 Å². The number of nitrogens with one attached hydrogen (secondary N) is 1. The summed E-state index contributed by atoms with van der Waals surface area (Å²) in [4.78, 5) is 0. The number of hydrogen-bond donors (Lipinski definition) is 1. The molecule has 3 heteroatoms. The van der Waals surface area contributed by atoms with Crippen molar-refractivity contribution in [3.63, 3.8) is 0 Å². The second-order valence-corrected chi connectivity index (χ2v) is 9.49. The fourth-order valence-electron chi connectivity index (χ4n) is 2.58. The van der Waals surface area contributed by atoms with E-state index in [-0.39, 0.29) is 0 Å². The fourth-order valence-corrected chi connectivity index (χ4v) is 7.56. The Morgan fingerprint density at radius 3 is 2.53 bits per heavy atom. The molecule has 0 saturated carbocycles. The Labute approximate surface area is 120 Å². The molecule has 0 aliphatic carbocycles. The molecule has 1 atom stereocenters. The number of hydrogen-bond acceptors (Lipinski definition) is 1. The number of para-hydroxylation sites is 1. The van der Waals surface area contributed by atoms with Gasteiger partial charge in [-0.2, -0.15) is 0 Å². The minimum atomic E-state index is -1.71. The molecule has 0 radical (unpaired) electrons. The summed E-state index contributed by atoms with van der Waals surface area (Å²) in [5, 5.41) is 6.07. The summed E-state index contributed by atoms with van der Waals surface area (Å²) in [7, 11) is 6.86. The maximum atomic E-state index is 6.86. The van der Waals surface area contributed by atoms with Gasteiger partial charge in [-0.3, -0.25) is 0 Å². The predicted molar refractivity (Wildman–Crippen MR) is 84.5 cm³/mol. The first-order valence-electron chi connectivity index (χ1n) is 6.18. The van der Waals surface area contributed by atoms with Crippen LogP contribution >= 0.6 is 9.95 Å². The summed E-state index contributed by atoms with van der Waals surface area (Å²) < 4.78 is 2.62. The third-order valence-corrected chi connectivity index (χ3v) is 8.85. The second-order valence-electron chi connectivity index (χ2n) is 4.61. The molecule has 0 spiro atoms. The van der Waals surface area contributed by atoms with Crippen LogP contribution in [0.2, 0.25) is 0 Å². The molecule has 19 heavy (non-hydrogen) atoms. The molecule has 1 N–H and O–H groups in total. The van der Waals surface area contributed by atoms with Crippen molar-refractivity contribution in [3.05, 3.63) is 60.7 Å². The molecule has 1 aliphatic heterocycles. The number of fused-ring (bicyclic) bond motifs is 4. The summed E-state index contributed by atoms with van der Waals surface area (Å²) in [5.41, 5.74) is 2.34. The first kappa shape index (κ1) is 11.4. The van der Waals surface area contributed by atoms with Crippen molar-refractivity contribution in [1.82, 2.24) is 0 Å². The van der Waals surface area contributed by atoms with Gasteiger partial charge in [0.05, 0.1) is 0 Å². The summed E-state index contributed by atoms with van der Waals surface area (Å²) in [6, 6.07) is 21.2.